The van der Waals surface area contributed by atoms with Gasteiger partial charge in [-0.1, -0.05) is 157 Å². The largest absolute Gasteiger partial charge is 0.469 e. The van der Waals surface area contributed by atoms with Gasteiger partial charge in [-0.05, 0) is 64.2 Å². The lowest BCUT2D eigenvalue weighted by Crippen LogP contribution is -2.29. The third kappa shape index (κ3) is 39.7. The van der Waals surface area contributed by atoms with Crippen molar-refractivity contribution in [3.8, 4) is 0 Å². The van der Waals surface area contributed by atoms with Crippen LogP contribution in [0.25, 0.3) is 0 Å². The summed E-state index contributed by atoms with van der Waals surface area (Å²) in [5, 5.41) is 30.3. The highest BCUT2D eigenvalue weighted by Gasteiger charge is 2.23. The maximum Gasteiger partial charge on any atom is 0.469 e. The molecule has 0 saturated heterocycles. The summed E-state index contributed by atoms with van der Waals surface area (Å²) < 4.78 is 26.2. The average molecular weight is 823 g/mol. The number of carbonyl (C=O) groups is 2. The third-order valence-electron chi connectivity index (χ3n) is 8.74. The van der Waals surface area contributed by atoms with E-state index in [1.807, 2.05) is 19.1 Å². The molecule has 0 aliphatic rings. The number of aliphatic hydroxyl groups excluding tert-OH is 3. The minimum absolute atomic E-state index is 0.0823. The fraction of sp³-hybridized carbons (Fsp3) is 0.644. The zero-order chi connectivity index (χ0) is 42.2. The van der Waals surface area contributed by atoms with Gasteiger partial charge in [-0.3, -0.25) is 14.1 Å². The molecule has 5 N–H and O–H groups in total. The second-order valence-electron chi connectivity index (χ2n) is 14.1. The lowest BCUT2D eigenvalue weighted by Gasteiger charge is -2.19. The first kappa shape index (κ1) is 54.1. The van der Waals surface area contributed by atoms with Gasteiger partial charge in [0.15, 0.2) is 6.10 Å². The van der Waals surface area contributed by atoms with E-state index in [-0.39, 0.29) is 25.7 Å². The van der Waals surface area contributed by atoms with Crippen LogP contribution < -0.4 is 0 Å². The lowest BCUT2D eigenvalue weighted by atomic mass is 10.1. The molecule has 12 heteroatoms. The van der Waals surface area contributed by atoms with Crippen LogP contribution in [-0.2, 0) is 28.2 Å². The summed E-state index contributed by atoms with van der Waals surface area (Å²) in [5.74, 6) is -1.23. The predicted molar refractivity (Wildman–Crippen MR) is 229 cm³/mol. The molecule has 0 unspecified atom stereocenters. The Hall–Kier alpha value is -2.89. The first-order valence-electron chi connectivity index (χ1n) is 21.2. The van der Waals surface area contributed by atoms with Crippen molar-refractivity contribution in [1.29, 1.82) is 0 Å². The van der Waals surface area contributed by atoms with Crippen molar-refractivity contribution in [2.24, 2.45) is 0 Å². The minimum Gasteiger partial charge on any atom is -0.462 e. The van der Waals surface area contributed by atoms with E-state index in [1.165, 1.54) is 63.9 Å². The quantitative estimate of drug-likeness (QED) is 0.0132. The summed E-state index contributed by atoms with van der Waals surface area (Å²) in [6.45, 7) is 3.17. The molecule has 4 atom stereocenters. The van der Waals surface area contributed by atoms with E-state index in [9.17, 15) is 29.5 Å². The second-order valence-corrected chi connectivity index (χ2v) is 15.4. The van der Waals surface area contributed by atoms with E-state index < -0.39 is 57.4 Å². The molecule has 0 rings (SSSR count). The van der Waals surface area contributed by atoms with Crippen LogP contribution in [0, 0.1) is 0 Å². The van der Waals surface area contributed by atoms with Crippen molar-refractivity contribution >= 4 is 19.8 Å². The second kappa shape index (κ2) is 38.6. The first-order valence-corrected chi connectivity index (χ1v) is 22.7. The van der Waals surface area contributed by atoms with Crippen LogP contribution in [0.3, 0.4) is 0 Å². The van der Waals surface area contributed by atoms with Crippen molar-refractivity contribution in [1.82, 2.24) is 0 Å². The number of phosphoric ester groups is 1. The van der Waals surface area contributed by atoms with Gasteiger partial charge in [0, 0.05) is 12.8 Å². The van der Waals surface area contributed by atoms with Gasteiger partial charge in [0.05, 0.1) is 24.9 Å². The smallest absolute Gasteiger partial charge is 0.462 e. The number of phosphoric acid groups is 1. The Labute approximate surface area is 343 Å². The molecule has 0 bridgehead atoms. The molecule has 0 aromatic heterocycles. The summed E-state index contributed by atoms with van der Waals surface area (Å²) in [4.78, 5) is 42.9. The number of ether oxygens (including phenoxy) is 2. The van der Waals surface area contributed by atoms with E-state index >= 15 is 0 Å². The van der Waals surface area contributed by atoms with E-state index in [2.05, 4.69) is 35.8 Å². The summed E-state index contributed by atoms with van der Waals surface area (Å²) in [7, 11) is -4.86. The maximum absolute atomic E-state index is 12.4. The number of hydrogen-bond donors (Lipinski definition) is 5. The van der Waals surface area contributed by atoms with Gasteiger partial charge in [-0.2, -0.15) is 0 Å². The Kier molecular flexibility index (Phi) is 36.7. The Morgan fingerprint density at radius 1 is 0.614 bits per heavy atom. The normalized spacial score (nSPS) is 15.0. The highest BCUT2D eigenvalue weighted by molar-refractivity contribution is 7.46. The molecule has 0 radical (unpaired) electrons. The number of rotatable bonds is 37. The number of unbranched alkanes of at least 4 members (excludes halogenated alkanes) is 12. The van der Waals surface area contributed by atoms with Gasteiger partial charge in [0.25, 0.3) is 0 Å². The Bertz CT molecular complexity index is 1250. The zero-order valence-electron chi connectivity index (χ0n) is 34.8. The number of aliphatic hydroxyl groups is 3. The molecule has 11 nitrogen and oxygen atoms in total. The SMILES string of the molecule is CC/C=C\C[C@H](O)/C=C/C=C/C=C\C=C/[C@@H](O)[C@H](O)CCCC(=O)O[C@H](COC(=O)CCCCCCCCCCC/C=C\C/C=C\CCCCC)COP(=O)(O)O. The van der Waals surface area contributed by atoms with Gasteiger partial charge in [-0.15, -0.1) is 0 Å². The van der Waals surface area contributed by atoms with Crippen molar-refractivity contribution in [3.05, 3.63) is 85.1 Å². The van der Waals surface area contributed by atoms with E-state index in [1.54, 1.807) is 42.5 Å². The lowest BCUT2D eigenvalue weighted by molar-refractivity contribution is -0.161. The number of carbonyl (C=O) groups excluding carboxylic acids is 2. The van der Waals surface area contributed by atoms with Crippen LogP contribution >= 0.6 is 7.82 Å². The van der Waals surface area contributed by atoms with Crippen LogP contribution in [0.5, 0.6) is 0 Å². The maximum atomic E-state index is 12.4. The Morgan fingerprint density at radius 2 is 1.18 bits per heavy atom. The molecule has 0 heterocycles. The van der Waals surface area contributed by atoms with E-state index in [4.69, 9.17) is 19.3 Å². The molecule has 0 spiro atoms. The molecular weight excluding hydrogens is 747 g/mol. The van der Waals surface area contributed by atoms with Gasteiger partial charge >= 0.3 is 19.8 Å². The molecule has 0 amide bonds. The third-order valence-corrected chi connectivity index (χ3v) is 9.23. The molecule has 0 aromatic rings. The standard InChI is InChI=1S/C45H75O11P/c1-3-5-7-8-9-10-11-12-13-14-15-16-17-18-19-20-21-26-30-36-44(49)54-38-41(39-55-57(51,52)53)56-45(50)37-31-35-43(48)42(47)34-29-25-23-22-24-28-33-40(46)32-27-6-4-2/h6,9-10,12-13,22-25,27-29,33-34,40-43,46-48H,3-5,7-8,11,14-21,26,30-32,35-39H2,1-2H3,(H2,51,52,53)/b10-9-,13-12-,24-22+,25-23-,27-6-,33-28+,34-29-/t40-,41+,42+,43+/m0/s1. The van der Waals surface area contributed by atoms with Crippen molar-refractivity contribution in [2.75, 3.05) is 13.2 Å². The number of esters is 2. The molecule has 0 saturated carbocycles. The van der Waals surface area contributed by atoms with Gasteiger partial charge in [0.1, 0.15) is 6.61 Å². The fourth-order valence-electron chi connectivity index (χ4n) is 5.45. The summed E-state index contributed by atoms with van der Waals surface area (Å²) in [5.41, 5.74) is 0. The predicted octanol–water partition coefficient (Wildman–Crippen LogP) is 9.76. The van der Waals surface area contributed by atoms with Crippen LogP contribution in [0.4, 0.5) is 0 Å². The van der Waals surface area contributed by atoms with E-state index in [0.717, 1.165) is 38.5 Å². The van der Waals surface area contributed by atoms with Crippen molar-refractivity contribution < 1.29 is 53.3 Å². The highest BCUT2D eigenvalue weighted by atomic mass is 31.2. The summed E-state index contributed by atoms with van der Waals surface area (Å²) in [6.07, 6.45) is 41.0. The van der Waals surface area contributed by atoms with Gasteiger partial charge in [-0.25, -0.2) is 4.57 Å². The highest BCUT2D eigenvalue weighted by Crippen LogP contribution is 2.36. The number of hydrogen-bond acceptors (Lipinski definition) is 9. The molecule has 0 fully saturated rings. The molecule has 0 aromatic carbocycles. The summed E-state index contributed by atoms with van der Waals surface area (Å²) in [6, 6.07) is 0. The molecule has 0 aliphatic carbocycles. The van der Waals surface area contributed by atoms with Crippen LogP contribution in [-0.4, -0.2) is 74.7 Å². The summed E-state index contributed by atoms with van der Waals surface area (Å²) >= 11 is 0. The van der Waals surface area contributed by atoms with Gasteiger partial charge < -0.3 is 34.6 Å². The first-order chi connectivity index (χ1) is 27.5. The monoisotopic (exact) mass is 823 g/mol. The minimum atomic E-state index is -4.86. The van der Waals surface area contributed by atoms with Crippen molar-refractivity contribution in [3.63, 3.8) is 0 Å². The fourth-order valence-corrected chi connectivity index (χ4v) is 5.81. The van der Waals surface area contributed by atoms with Crippen LogP contribution in [0.2, 0.25) is 0 Å². The molecule has 0 aliphatic heterocycles. The molecular formula is C45H75O11P. The number of allylic oxidation sites excluding steroid dienone is 11. The Morgan fingerprint density at radius 3 is 1.79 bits per heavy atom. The van der Waals surface area contributed by atoms with E-state index in [0.29, 0.717) is 12.8 Å². The average Bonchev–Trinajstić information content (AvgIpc) is 3.17. The van der Waals surface area contributed by atoms with Gasteiger partial charge in [0.2, 0.25) is 0 Å². The van der Waals surface area contributed by atoms with Crippen LogP contribution in [0.1, 0.15) is 149 Å². The van der Waals surface area contributed by atoms with Crippen LogP contribution in [0.15, 0.2) is 85.1 Å². The van der Waals surface area contributed by atoms with Crippen molar-refractivity contribution in [2.45, 2.75) is 173 Å². The zero-order valence-corrected chi connectivity index (χ0v) is 35.7. The molecule has 57 heavy (non-hydrogen) atoms. The molecule has 326 valence electrons. The topological polar surface area (TPSA) is 180 Å². The Balaban J connectivity index is 4.25.